The van der Waals surface area contributed by atoms with Gasteiger partial charge >= 0.3 is 5.97 Å². The Labute approximate surface area is 180 Å². The van der Waals surface area contributed by atoms with Gasteiger partial charge in [-0.25, -0.2) is 4.79 Å². The summed E-state index contributed by atoms with van der Waals surface area (Å²) in [6.45, 7) is 2.12. The van der Waals surface area contributed by atoms with E-state index in [0.717, 1.165) is 47.9 Å². The van der Waals surface area contributed by atoms with Crippen LogP contribution in [0.5, 0.6) is 0 Å². The SMILES string of the molecule is CCOC(=O)c1c(NC(=O)Cc2ccc(-c3ccccc3)cc2)sc2c1CCCC2. The molecule has 0 radical (unpaired) electrons. The van der Waals surface area contributed by atoms with Crippen LogP contribution in [0, 0.1) is 0 Å². The molecule has 0 atom stereocenters. The Bertz CT molecular complexity index is 1040. The van der Waals surface area contributed by atoms with E-state index in [4.69, 9.17) is 4.74 Å². The molecule has 0 spiro atoms. The number of fused-ring (bicyclic) bond motifs is 1. The standard InChI is InChI=1S/C25H25NO3S/c1-2-29-25(28)23-20-10-6-7-11-21(20)30-24(23)26-22(27)16-17-12-14-19(15-13-17)18-8-4-3-5-9-18/h3-5,8-9,12-15H,2,6-7,10-11,16H2,1H3,(H,26,27). The zero-order chi connectivity index (χ0) is 20.9. The predicted molar refractivity (Wildman–Crippen MR) is 121 cm³/mol. The molecule has 0 saturated heterocycles. The first kappa shape index (κ1) is 20.4. The van der Waals surface area contributed by atoms with E-state index < -0.39 is 0 Å². The number of carbonyl (C=O) groups excluding carboxylic acids is 2. The molecule has 5 heteroatoms. The minimum Gasteiger partial charge on any atom is -0.462 e. The van der Waals surface area contributed by atoms with Crippen LogP contribution in [0.2, 0.25) is 0 Å². The quantitative estimate of drug-likeness (QED) is 0.525. The average molecular weight is 420 g/mol. The fourth-order valence-corrected chi connectivity index (χ4v) is 5.17. The van der Waals surface area contributed by atoms with Crippen molar-refractivity contribution in [1.29, 1.82) is 0 Å². The molecule has 1 aliphatic carbocycles. The van der Waals surface area contributed by atoms with Gasteiger partial charge in [0.05, 0.1) is 18.6 Å². The Morgan fingerprint density at radius 1 is 0.967 bits per heavy atom. The van der Waals surface area contributed by atoms with Crippen LogP contribution in [0.1, 0.15) is 46.1 Å². The maximum Gasteiger partial charge on any atom is 0.341 e. The minimum absolute atomic E-state index is 0.119. The molecule has 3 aromatic rings. The van der Waals surface area contributed by atoms with Crippen molar-refractivity contribution in [2.75, 3.05) is 11.9 Å². The maximum absolute atomic E-state index is 12.7. The number of amides is 1. The van der Waals surface area contributed by atoms with E-state index in [1.54, 1.807) is 6.92 Å². The molecule has 2 aromatic carbocycles. The van der Waals surface area contributed by atoms with E-state index in [0.29, 0.717) is 17.2 Å². The molecule has 30 heavy (non-hydrogen) atoms. The molecular formula is C25H25NO3S. The number of anilines is 1. The number of carbonyl (C=O) groups is 2. The zero-order valence-corrected chi connectivity index (χ0v) is 17.9. The highest BCUT2D eigenvalue weighted by Crippen LogP contribution is 2.38. The Balaban J connectivity index is 1.49. The molecule has 0 unspecified atom stereocenters. The number of rotatable bonds is 6. The van der Waals surface area contributed by atoms with Crippen LogP contribution in [-0.2, 0) is 28.8 Å². The molecule has 154 valence electrons. The van der Waals surface area contributed by atoms with E-state index >= 15 is 0 Å². The Kier molecular flexibility index (Phi) is 6.29. The molecule has 4 rings (SSSR count). The van der Waals surface area contributed by atoms with Gasteiger partial charge < -0.3 is 10.1 Å². The first-order valence-corrected chi connectivity index (χ1v) is 11.2. The van der Waals surface area contributed by atoms with Gasteiger partial charge in [-0.05, 0) is 54.9 Å². The van der Waals surface area contributed by atoms with Crippen LogP contribution < -0.4 is 5.32 Å². The summed E-state index contributed by atoms with van der Waals surface area (Å²) in [4.78, 5) is 26.5. The van der Waals surface area contributed by atoms with Gasteiger partial charge in [-0.3, -0.25) is 4.79 Å². The van der Waals surface area contributed by atoms with Crippen LogP contribution >= 0.6 is 11.3 Å². The second-order valence-corrected chi connectivity index (χ2v) is 8.53. The first-order chi connectivity index (χ1) is 14.7. The van der Waals surface area contributed by atoms with Crippen LogP contribution in [-0.4, -0.2) is 18.5 Å². The number of esters is 1. The van der Waals surface area contributed by atoms with Crippen molar-refractivity contribution >= 4 is 28.2 Å². The number of aryl methyl sites for hydroxylation is 1. The second-order valence-electron chi connectivity index (χ2n) is 7.42. The summed E-state index contributed by atoms with van der Waals surface area (Å²) in [5, 5.41) is 3.61. The molecule has 0 saturated carbocycles. The highest BCUT2D eigenvalue weighted by atomic mass is 32.1. The van der Waals surface area contributed by atoms with Gasteiger partial charge in [0.1, 0.15) is 5.00 Å². The van der Waals surface area contributed by atoms with E-state index in [9.17, 15) is 9.59 Å². The Hall–Kier alpha value is -2.92. The number of ether oxygens (including phenoxy) is 1. The van der Waals surface area contributed by atoms with Gasteiger partial charge in [0.2, 0.25) is 5.91 Å². The topological polar surface area (TPSA) is 55.4 Å². The number of nitrogens with one attached hydrogen (secondary N) is 1. The fourth-order valence-electron chi connectivity index (χ4n) is 3.88. The molecule has 0 aliphatic heterocycles. The van der Waals surface area contributed by atoms with Gasteiger partial charge in [-0.1, -0.05) is 54.6 Å². The summed E-state index contributed by atoms with van der Waals surface area (Å²) in [5.74, 6) is -0.453. The average Bonchev–Trinajstić information content (AvgIpc) is 3.12. The van der Waals surface area contributed by atoms with Crippen molar-refractivity contribution in [2.24, 2.45) is 0 Å². The van der Waals surface area contributed by atoms with Crippen molar-refractivity contribution < 1.29 is 14.3 Å². The lowest BCUT2D eigenvalue weighted by molar-refractivity contribution is -0.115. The number of hydrogen-bond donors (Lipinski definition) is 1. The van der Waals surface area contributed by atoms with Crippen LogP contribution in [0.25, 0.3) is 11.1 Å². The van der Waals surface area contributed by atoms with Crippen molar-refractivity contribution in [3.05, 3.63) is 76.2 Å². The van der Waals surface area contributed by atoms with E-state index in [1.165, 1.54) is 16.2 Å². The highest BCUT2D eigenvalue weighted by Gasteiger charge is 2.27. The molecule has 4 nitrogen and oxygen atoms in total. The monoisotopic (exact) mass is 419 g/mol. The van der Waals surface area contributed by atoms with Crippen LogP contribution in [0.15, 0.2) is 54.6 Å². The summed E-state index contributed by atoms with van der Waals surface area (Å²) < 4.78 is 5.26. The molecule has 1 aromatic heterocycles. The summed E-state index contributed by atoms with van der Waals surface area (Å²) in [5.41, 5.74) is 4.83. The van der Waals surface area contributed by atoms with Gasteiger partial charge in [0.15, 0.2) is 0 Å². The van der Waals surface area contributed by atoms with Gasteiger partial charge in [0.25, 0.3) is 0 Å². The van der Waals surface area contributed by atoms with Gasteiger partial charge in [-0.2, -0.15) is 0 Å². The van der Waals surface area contributed by atoms with E-state index in [1.807, 2.05) is 42.5 Å². The number of hydrogen-bond acceptors (Lipinski definition) is 4. The molecule has 1 heterocycles. The maximum atomic E-state index is 12.7. The highest BCUT2D eigenvalue weighted by molar-refractivity contribution is 7.17. The number of benzene rings is 2. The summed E-state index contributed by atoms with van der Waals surface area (Å²) >= 11 is 1.52. The number of thiophene rings is 1. The predicted octanol–water partition coefficient (Wildman–Crippen LogP) is 5.65. The molecule has 1 amide bonds. The lowest BCUT2D eigenvalue weighted by atomic mass is 9.95. The molecule has 0 bridgehead atoms. The van der Waals surface area contributed by atoms with Crippen molar-refractivity contribution in [3.8, 4) is 11.1 Å². The minimum atomic E-state index is -0.334. The van der Waals surface area contributed by atoms with Gasteiger partial charge in [-0.15, -0.1) is 11.3 Å². The largest absolute Gasteiger partial charge is 0.462 e. The zero-order valence-electron chi connectivity index (χ0n) is 17.1. The molecule has 0 fully saturated rings. The fraction of sp³-hybridized carbons (Fsp3) is 0.280. The van der Waals surface area contributed by atoms with Crippen LogP contribution in [0.3, 0.4) is 0 Å². The lowest BCUT2D eigenvalue weighted by Crippen LogP contribution is -2.17. The molecule has 1 N–H and O–H groups in total. The van der Waals surface area contributed by atoms with Gasteiger partial charge in [0, 0.05) is 4.88 Å². The third-order valence-electron chi connectivity index (χ3n) is 5.33. The smallest absolute Gasteiger partial charge is 0.341 e. The normalized spacial score (nSPS) is 12.8. The van der Waals surface area contributed by atoms with E-state index in [-0.39, 0.29) is 18.3 Å². The van der Waals surface area contributed by atoms with Crippen LogP contribution in [0.4, 0.5) is 5.00 Å². The second kappa shape index (κ2) is 9.26. The van der Waals surface area contributed by atoms with Crippen molar-refractivity contribution in [1.82, 2.24) is 0 Å². The van der Waals surface area contributed by atoms with Crippen molar-refractivity contribution in [2.45, 2.75) is 39.0 Å². The third-order valence-corrected chi connectivity index (χ3v) is 6.54. The summed E-state index contributed by atoms with van der Waals surface area (Å²) in [7, 11) is 0. The Morgan fingerprint density at radius 2 is 1.67 bits per heavy atom. The Morgan fingerprint density at radius 3 is 2.40 bits per heavy atom. The third kappa shape index (κ3) is 4.46. The first-order valence-electron chi connectivity index (χ1n) is 10.4. The summed E-state index contributed by atoms with van der Waals surface area (Å²) in [6, 6.07) is 18.2. The molecule has 1 aliphatic rings. The summed E-state index contributed by atoms with van der Waals surface area (Å²) in [6.07, 6.45) is 4.29. The van der Waals surface area contributed by atoms with E-state index in [2.05, 4.69) is 17.4 Å². The lowest BCUT2D eigenvalue weighted by Gasteiger charge is -2.12. The molecular weight excluding hydrogens is 394 g/mol. The van der Waals surface area contributed by atoms with Crippen molar-refractivity contribution in [3.63, 3.8) is 0 Å².